The standard InChI is InChI=1S/C19H12Cl3N3O5/c20-11-4-6-17(15(8-11)25(27)28)29-10-18(26)24-23-9-12-5-7-16(30-12)13-2-1-3-14(21)19(13)22/h1-9H,10H2,(H,24,26)/b23-9+. The highest BCUT2D eigenvalue weighted by Crippen LogP contribution is 2.34. The normalized spacial score (nSPS) is 10.9. The smallest absolute Gasteiger partial charge is 0.312 e. The van der Waals surface area contributed by atoms with Crippen molar-refractivity contribution in [1.29, 1.82) is 0 Å². The Balaban J connectivity index is 1.58. The van der Waals surface area contributed by atoms with Crippen molar-refractivity contribution in [2.75, 3.05) is 6.61 Å². The predicted molar refractivity (Wildman–Crippen MR) is 114 cm³/mol. The van der Waals surface area contributed by atoms with E-state index in [-0.39, 0.29) is 16.5 Å². The van der Waals surface area contributed by atoms with Crippen LogP contribution in [0.15, 0.2) is 58.0 Å². The van der Waals surface area contributed by atoms with Crippen LogP contribution in [0.5, 0.6) is 5.75 Å². The van der Waals surface area contributed by atoms with Crippen LogP contribution in [0, 0.1) is 10.1 Å². The van der Waals surface area contributed by atoms with Crippen LogP contribution in [0.25, 0.3) is 11.3 Å². The van der Waals surface area contributed by atoms with Gasteiger partial charge in [-0.15, -0.1) is 0 Å². The third-order valence-electron chi connectivity index (χ3n) is 3.70. The molecule has 1 heterocycles. The van der Waals surface area contributed by atoms with Crippen LogP contribution in [0.3, 0.4) is 0 Å². The lowest BCUT2D eigenvalue weighted by molar-refractivity contribution is -0.385. The minimum Gasteiger partial charge on any atom is -0.477 e. The number of nitrogens with zero attached hydrogens (tertiary/aromatic N) is 2. The highest BCUT2D eigenvalue weighted by Gasteiger charge is 2.16. The van der Waals surface area contributed by atoms with Crippen molar-refractivity contribution in [2.24, 2.45) is 5.10 Å². The predicted octanol–water partition coefficient (Wildman–Crippen LogP) is 5.34. The molecule has 0 radical (unpaired) electrons. The summed E-state index contributed by atoms with van der Waals surface area (Å²) in [5.74, 6) is 0.127. The van der Waals surface area contributed by atoms with Gasteiger partial charge in [-0.05, 0) is 36.4 Å². The third-order valence-corrected chi connectivity index (χ3v) is 4.76. The highest BCUT2D eigenvalue weighted by molar-refractivity contribution is 6.43. The first-order valence-corrected chi connectivity index (χ1v) is 9.41. The number of nitrogens with one attached hydrogen (secondary N) is 1. The summed E-state index contributed by atoms with van der Waals surface area (Å²) in [6.07, 6.45) is 1.28. The van der Waals surface area contributed by atoms with Crippen molar-refractivity contribution in [2.45, 2.75) is 0 Å². The van der Waals surface area contributed by atoms with Gasteiger partial charge in [0.1, 0.15) is 11.5 Å². The van der Waals surface area contributed by atoms with Gasteiger partial charge < -0.3 is 9.15 Å². The fourth-order valence-electron chi connectivity index (χ4n) is 2.36. The molecule has 0 bridgehead atoms. The first kappa shape index (κ1) is 21.6. The number of nitro groups is 1. The largest absolute Gasteiger partial charge is 0.477 e. The average Bonchev–Trinajstić information content (AvgIpc) is 3.17. The molecule has 0 aliphatic carbocycles. The zero-order valence-electron chi connectivity index (χ0n) is 15.0. The molecule has 0 spiro atoms. The van der Waals surface area contributed by atoms with E-state index in [2.05, 4.69) is 10.5 Å². The van der Waals surface area contributed by atoms with Gasteiger partial charge in [0.25, 0.3) is 5.91 Å². The summed E-state index contributed by atoms with van der Waals surface area (Å²) in [5, 5.41) is 15.7. The Bertz CT molecular complexity index is 1130. The number of ether oxygens (including phenoxy) is 1. The summed E-state index contributed by atoms with van der Waals surface area (Å²) in [5.41, 5.74) is 2.50. The Labute approximate surface area is 185 Å². The topological polar surface area (TPSA) is 107 Å². The Morgan fingerprint density at radius 2 is 2.00 bits per heavy atom. The van der Waals surface area contributed by atoms with E-state index in [1.165, 1.54) is 18.3 Å². The van der Waals surface area contributed by atoms with Crippen molar-refractivity contribution in [1.82, 2.24) is 5.43 Å². The molecule has 1 amide bonds. The second-order valence-electron chi connectivity index (χ2n) is 5.75. The van der Waals surface area contributed by atoms with Gasteiger partial charge in [-0.1, -0.05) is 40.9 Å². The van der Waals surface area contributed by atoms with E-state index in [0.717, 1.165) is 6.07 Å². The van der Waals surface area contributed by atoms with Crippen molar-refractivity contribution in [3.8, 4) is 17.1 Å². The maximum Gasteiger partial charge on any atom is 0.312 e. The van der Waals surface area contributed by atoms with Gasteiger partial charge in [-0.2, -0.15) is 5.10 Å². The molecule has 154 valence electrons. The summed E-state index contributed by atoms with van der Waals surface area (Å²) in [6.45, 7) is -0.485. The molecular formula is C19H12Cl3N3O5. The SMILES string of the molecule is O=C(COc1ccc(Cl)cc1[N+](=O)[O-])N/N=C/c1ccc(-c2cccc(Cl)c2Cl)o1. The molecule has 0 atom stereocenters. The molecule has 0 fully saturated rings. The molecule has 30 heavy (non-hydrogen) atoms. The number of rotatable bonds is 7. The number of benzene rings is 2. The van der Waals surface area contributed by atoms with Gasteiger partial charge in [-0.3, -0.25) is 14.9 Å². The monoisotopic (exact) mass is 467 g/mol. The van der Waals surface area contributed by atoms with E-state index in [4.69, 9.17) is 44.0 Å². The van der Waals surface area contributed by atoms with E-state index < -0.39 is 17.4 Å². The molecule has 0 unspecified atom stereocenters. The fraction of sp³-hybridized carbons (Fsp3) is 0.0526. The number of hydrazone groups is 1. The lowest BCUT2D eigenvalue weighted by atomic mass is 10.2. The van der Waals surface area contributed by atoms with Crippen LogP contribution in [-0.4, -0.2) is 23.7 Å². The van der Waals surface area contributed by atoms with Crippen LogP contribution >= 0.6 is 34.8 Å². The van der Waals surface area contributed by atoms with Gasteiger partial charge in [0.2, 0.25) is 0 Å². The molecule has 0 saturated carbocycles. The molecule has 1 aromatic heterocycles. The molecule has 2 aromatic carbocycles. The maximum atomic E-state index is 11.9. The summed E-state index contributed by atoms with van der Waals surface area (Å²) in [4.78, 5) is 22.2. The number of carbonyl (C=O) groups is 1. The Hall–Kier alpha value is -3.07. The summed E-state index contributed by atoms with van der Waals surface area (Å²) in [6, 6.07) is 12.3. The number of hydrogen-bond donors (Lipinski definition) is 1. The molecular weight excluding hydrogens is 457 g/mol. The van der Waals surface area contributed by atoms with Crippen LogP contribution < -0.4 is 10.2 Å². The molecule has 0 aliphatic heterocycles. The van der Waals surface area contributed by atoms with E-state index in [0.29, 0.717) is 27.1 Å². The quantitative estimate of drug-likeness (QED) is 0.286. The van der Waals surface area contributed by atoms with Crippen molar-refractivity contribution < 1.29 is 18.9 Å². The van der Waals surface area contributed by atoms with Gasteiger partial charge in [0, 0.05) is 16.7 Å². The summed E-state index contributed by atoms with van der Waals surface area (Å²) >= 11 is 17.9. The van der Waals surface area contributed by atoms with Gasteiger partial charge in [0.05, 0.1) is 21.2 Å². The zero-order valence-corrected chi connectivity index (χ0v) is 17.2. The number of hydrogen-bond acceptors (Lipinski definition) is 6. The number of furan rings is 1. The van der Waals surface area contributed by atoms with Crippen LogP contribution in [0.2, 0.25) is 15.1 Å². The van der Waals surface area contributed by atoms with Crippen molar-refractivity contribution in [3.63, 3.8) is 0 Å². The second-order valence-corrected chi connectivity index (χ2v) is 6.98. The van der Waals surface area contributed by atoms with Crippen molar-refractivity contribution in [3.05, 3.63) is 79.5 Å². The van der Waals surface area contributed by atoms with Crippen molar-refractivity contribution >= 4 is 52.6 Å². The van der Waals surface area contributed by atoms with Crippen LogP contribution in [0.1, 0.15) is 5.76 Å². The summed E-state index contributed by atoms with van der Waals surface area (Å²) < 4.78 is 10.8. The lowest BCUT2D eigenvalue weighted by Gasteiger charge is -2.05. The molecule has 3 rings (SSSR count). The molecule has 11 heteroatoms. The van der Waals surface area contributed by atoms with Crippen LogP contribution in [0.4, 0.5) is 5.69 Å². The zero-order chi connectivity index (χ0) is 21.7. The Morgan fingerprint density at radius 1 is 1.20 bits per heavy atom. The van der Waals surface area contributed by atoms with E-state index >= 15 is 0 Å². The lowest BCUT2D eigenvalue weighted by Crippen LogP contribution is -2.24. The third kappa shape index (κ3) is 5.29. The second kappa shape index (κ2) is 9.62. The number of amides is 1. The maximum absolute atomic E-state index is 11.9. The number of carbonyl (C=O) groups excluding carboxylic acids is 1. The van der Waals surface area contributed by atoms with E-state index in [1.807, 2.05) is 0 Å². The highest BCUT2D eigenvalue weighted by atomic mass is 35.5. The van der Waals surface area contributed by atoms with Gasteiger partial charge in [0.15, 0.2) is 12.4 Å². The number of nitro benzene ring substituents is 1. The van der Waals surface area contributed by atoms with Crippen LogP contribution in [-0.2, 0) is 4.79 Å². The molecule has 3 aromatic rings. The van der Waals surface area contributed by atoms with E-state index in [1.54, 1.807) is 30.3 Å². The Kier molecular flexibility index (Phi) is 6.94. The fourth-order valence-corrected chi connectivity index (χ4v) is 2.92. The average molecular weight is 469 g/mol. The van der Waals surface area contributed by atoms with Gasteiger partial charge >= 0.3 is 5.69 Å². The summed E-state index contributed by atoms with van der Waals surface area (Å²) in [7, 11) is 0. The molecule has 1 N–H and O–H groups in total. The van der Waals surface area contributed by atoms with Gasteiger partial charge in [-0.25, -0.2) is 5.43 Å². The molecule has 8 nitrogen and oxygen atoms in total. The minimum atomic E-state index is -0.655. The number of halogens is 3. The first-order valence-electron chi connectivity index (χ1n) is 8.28. The first-order chi connectivity index (χ1) is 14.3. The molecule has 0 aliphatic rings. The Morgan fingerprint density at radius 3 is 2.77 bits per heavy atom. The van der Waals surface area contributed by atoms with E-state index in [9.17, 15) is 14.9 Å². The minimum absolute atomic E-state index is 0.0855. The molecule has 0 saturated heterocycles.